The Kier molecular flexibility index (Phi) is 4.87. The Bertz CT molecular complexity index is 609. The number of rotatable bonds is 3. The molecule has 0 N–H and O–H groups in total. The second-order valence-electron chi connectivity index (χ2n) is 5.89. The van der Waals surface area contributed by atoms with Crippen LogP contribution in [0.3, 0.4) is 0 Å². The largest absolute Gasteiger partial charge is 0.405 e. The molecule has 0 aromatic heterocycles. The van der Waals surface area contributed by atoms with E-state index >= 15 is 0 Å². The molecule has 0 aliphatic carbocycles. The fraction of sp³-hybridized carbons (Fsp3) is 0.600. The smallest absolute Gasteiger partial charge is 0.207 e. The third-order valence-corrected chi connectivity index (χ3v) is 5.91. The molecule has 1 atom stereocenters. The average molecular weight is 335 g/mol. The molecule has 0 spiro atoms. The molecule has 22 heavy (non-hydrogen) atoms. The first kappa shape index (κ1) is 17.3. The average Bonchev–Trinajstić information content (AvgIpc) is 2.46. The van der Waals surface area contributed by atoms with Gasteiger partial charge in [0, 0.05) is 6.54 Å². The fourth-order valence-electron chi connectivity index (χ4n) is 2.68. The molecular weight excluding hydrogens is 315 g/mol. The van der Waals surface area contributed by atoms with Crippen LogP contribution in [0.5, 0.6) is 0 Å². The van der Waals surface area contributed by atoms with E-state index in [-0.39, 0.29) is 23.8 Å². The van der Waals surface area contributed by atoms with Gasteiger partial charge in [0.1, 0.15) is 6.04 Å². The van der Waals surface area contributed by atoms with Gasteiger partial charge < -0.3 is 0 Å². The minimum atomic E-state index is -4.54. The van der Waals surface area contributed by atoms with E-state index in [4.69, 9.17) is 0 Å². The van der Waals surface area contributed by atoms with Crippen LogP contribution in [-0.2, 0) is 10.0 Å². The van der Waals surface area contributed by atoms with Crippen molar-refractivity contribution in [3.05, 3.63) is 29.8 Å². The zero-order chi connectivity index (χ0) is 16.5. The number of hydrogen-bond donors (Lipinski definition) is 0. The maximum absolute atomic E-state index is 13.1. The van der Waals surface area contributed by atoms with Crippen LogP contribution >= 0.6 is 0 Å². The molecule has 0 amide bonds. The van der Waals surface area contributed by atoms with Gasteiger partial charge in [0.15, 0.2) is 0 Å². The monoisotopic (exact) mass is 335 g/mol. The Hall–Kier alpha value is -1.08. The highest BCUT2D eigenvalue weighted by molar-refractivity contribution is 7.89. The van der Waals surface area contributed by atoms with Crippen molar-refractivity contribution in [1.29, 1.82) is 0 Å². The lowest BCUT2D eigenvalue weighted by Gasteiger charge is -2.35. The second kappa shape index (κ2) is 6.20. The van der Waals surface area contributed by atoms with E-state index in [9.17, 15) is 21.6 Å². The Morgan fingerprint density at radius 1 is 1.14 bits per heavy atom. The van der Waals surface area contributed by atoms with Gasteiger partial charge in [-0.1, -0.05) is 32.4 Å². The summed E-state index contributed by atoms with van der Waals surface area (Å²) in [4.78, 5) is -0.0759. The van der Waals surface area contributed by atoms with Crippen LogP contribution in [0, 0.1) is 0 Å². The summed E-state index contributed by atoms with van der Waals surface area (Å²) < 4.78 is 65.0. The lowest BCUT2D eigenvalue weighted by molar-refractivity contribution is -0.177. The molecule has 1 aromatic carbocycles. The molecule has 0 radical (unpaired) electrons. The van der Waals surface area contributed by atoms with E-state index in [0.29, 0.717) is 17.1 Å². The van der Waals surface area contributed by atoms with Crippen molar-refractivity contribution in [3.63, 3.8) is 0 Å². The molecule has 1 unspecified atom stereocenters. The predicted molar refractivity (Wildman–Crippen MR) is 78.1 cm³/mol. The summed E-state index contributed by atoms with van der Waals surface area (Å²) >= 11 is 0. The topological polar surface area (TPSA) is 37.4 Å². The van der Waals surface area contributed by atoms with Gasteiger partial charge >= 0.3 is 6.18 Å². The van der Waals surface area contributed by atoms with Gasteiger partial charge in [0.05, 0.1) is 4.90 Å². The molecular formula is C15H20F3NO2S. The minimum absolute atomic E-state index is 0.0759. The zero-order valence-electron chi connectivity index (χ0n) is 12.6. The highest BCUT2D eigenvalue weighted by Crippen LogP contribution is 2.35. The zero-order valence-corrected chi connectivity index (χ0v) is 13.4. The molecule has 3 nitrogen and oxygen atoms in total. The SMILES string of the molecule is CC(C)c1ccc(S(=O)(=O)N2CCCCC2C(F)(F)F)cc1. The van der Waals surface area contributed by atoms with Crippen molar-refractivity contribution in [2.24, 2.45) is 0 Å². The van der Waals surface area contributed by atoms with Crippen LogP contribution in [0.15, 0.2) is 29.2 Å². The van der Waals surface area contributed by atoms with E-state index in [1.165, 1.54) is 12.1 Å². The number of nitrogens with zero attached hydrogens (tertiary/aromatic N) is 1. The Morgan fingerprint density at radius 3 is 2.23 bits per heavy atom. The quantitative estimate of drug-likeness (QED) is 0.840. The van der Waals surface area contributed by atoms with Crippen molar-refractivity contribution >= 4 is 10.0 Å². The summed E-state index contributed by atoms with van der Waals surface area (Å²) in [6.45, 7) is 3.85. The van der Waals surface area contributed by atoms with Crippen LogP contribution in [0.1, 0.15) is 44.6 Å². The summed E-state index contributed by atoms with van der Waals surface area (Å²) in [5.41, 5.74) is 0.949. The highest BCUT2D eigenvalue weighted by atomic mass is 32.2. The van der Waals surface area contributed by atoms with Gasteiger partial charge in [0.2, 0.25) is 10.0 Å². The summed E-state index contributed by atoms with van der Waals surface area (Å²) in [5.74, 6) is 0.231. The van der Waals surface area contributed by atoms with Crippen LogP contribution in [-0.4, -0.2) is 31.5 Å². The Balaban J connectivity index is 2.35. The first-order chi connectivity index (χ1) is 10.1. The van der Waals surface area contributed by atoms with Gasteiger partial charge in [-0.2, -0.15) is 17.5 Å². The summed E-state index contributed by atoms with van der Waals surface area (Å²) in [6, 6.07) is 4.18. The maximum atomic E-state index is 13.1. The first-order valence-electron chi connectivity index (χ1n) is 7.32. The van der Waals surface area contributed by atoms with Crippen molar-refractivity contribution in [1.82, 2.24) is 4.31 Å². The molecule has 7 heteroatoms. The second-order valence-corrected chi connectivity index (χ2v) is 7.78. The number of sulfonamides is 1. The molecule has 1 heterocycles. The number of hydrogen-bond acceptors (Lipinski definition) is 2. The molecule has 2 rings (SSSR count). The lowest BCUT2D eigenvalue weighted by atomic mass is 10.0. The van der Waals surface area contributed by atoms with Crippen LogP contribution in [0.25, 0.3) is 0 Å². The first-order valence-corrected chi connectivity index (χ1v) is 8.76. The fourth-order valence-corrected chi connectivity index (χ4v) is 4.36. The maximum Gasteiger partial charge on any atom is 0.405 e. The number of alkyl halides is 3. The molecule has 1 aromatic rings. The summed E-state index contributed by atoms with van der Waals surface area (Å²) in [7, 11) is -4.12. The third-order valence-electron chi connectivity index (χ3n) is 3.98. The summed E-state index contributed by atoms with van der Waals surface area (Å²) in [5, 5.41) is 0. The molecule has 1 aliphatic rings. The normalized spacial score (nSPS) is 21.3. The molecule has 1 aliphatic heterocycles. The van der Waals surface area contributed by atoms with Crippen LogP contribution in [0.2, 0.25) is 0 Å². The molecule has 1 fully saturated rings. The van der Waals surface area contributed by atoms with E-state index in [1.54, 1.807) is 12.1 Å². The van der Waals surface area contributed by atoms with E-state index in [2.05, 4.69) is 0 Å². The van der Waals surface area contributed by atoms with E-state index in [0.717, 1.165) is 5.56 Å². The van der Waals surface area contributed by atoms with E-state index < -0.39 is 22.2 Å². The standard InChI is InChI=1S/C15H20F3NO2S/c1-11(2)12-6-8-13(9-7-12)22(20,21)19-10-4-3-5-14(19)15(16,17)18/h6-9,11,14H,3-5,10H2,1-2H3. The van der Waals surface area contributed by atoms with Gasteiger partial charge in [0.25, 0.3) is 0 Å². The summed E-state index contributed by atoms with van der Waals surface area (Å²) in [6.07, 6.45) is -3.86. The van der Waals surface area contributed by atoms with E-state index in [1.807, 2.05) is 13.8 Å². The van der Waals surface area contributed by atoms with Crippen LogP contribution < -0.4 is 0 Å². The lowest BCUT2D eigenvalue weighted by Crippen LogP contribution is -2.51. The highest BCUT2D eigenvalue weighted by Gasteiger charge is 2.48. The van der Waals surface area contributed by atoms with Crippen molar-refractivity contribution in [3.8, 4) is 0 Å². The van der Waals surface area contributed by atoms with Gasteiger partial charge in [-0.15, -0.1) is 0 Å². The molecule has 0 bridgehead atoms. The minimum Gasteiger partial charge on any atom is -0.207 e. The molecule has 1 saturated heterocycles. The number of halogens is 3. The Morgan fingerprint density at radius 2 is 1.73 bits per heavy atom. The van der Waals surface area contributed by atoms with Crippen molar-refractivity contribution in [2.75, 3.05) is 6.54 Å². The third kappa shape index (κ3) is 3.46. The molecule has 124 valence electrons. The number of piperidine rings is 1. The van der Waals surface area contributed by atoms with Gasteiger partial charge in [-0.05, 0) is 36.5 Å². The van der Waals surface area contributed by atoms with Crippen LogP contribution in [0.4, 0.5) is 13.2 Å². The Labute approximate surface area is 129 Å². The van der Waals surface area contributed by atoms with Crippen molar-refractivity contribution < 1.29 is 21.6 Å². The predicted octanol–water partition coefficient (Wildman–Crippen LogP) is 3.92. The van der Waals surface area contributed by atoms with Gasteiger partial charge in [-0.3, -0.25) is 0 Å². The van der Waals surface area contributed by atoms with Gasteiger partial charge in [-0.25, -0.2) is 8.42 Å². The molecule has 0 saturated carbocycles. The van der Waals surface area contributed by atoms with Crippen molar-refractivity contribution in [2.45, 2.75) is 56.1 Å². The number of benzene rings is 1.